The van der Waals surface area contributed by atoms with Crippen LogP contribution in [0.5, 0.6) is 0 Å². The van der Waals surface area contributed by atoms with Gasteiger partial charge in [-0.3, -0.25) is 0 Å². The Balaban J connectivity index is 2.10. The number of ether oxygens (including phenoxy) is 1. The molecule has 2 N–H and O–H groups in total. The van der Waals surface area contributed by atoms with Crippen LogP contribution in [-0.2, 0) is 11.3 Å². The van der Waals surface area contributed by atoms with Gasteiger partial charge in [0.2, 0.25) is 0 Å². The largest absolute Gasteiger partial charge is 0.385 e. The molecule has 0 aromatic carbocycles. The molecule has 0 bridgehead atoms. The van der Waals surface area contributed by atoms with Gasteiger partial charge in [0.05, 0.1) is 11.6 Å². The normalized spacial score (nSPS) is 10.1. The minimum atomic E-state index is 0.683. The highest BCUT2D eigenvalue weighted by molar-refractivity contribution is 7.80. The molecule has 16 heavy (non-hydrogen) atoms. The molecule has 1 heterocycles. The van der Waals surface area contributed by atoms with Crippen molar-refractivity contribution < 1.29 is 4.74 Å². The lowest BCUT2D eigenvalue weighted by Gasteiger charge is -2.08. The van der Waals surface area contributed by atoms with Crippen LogP contribution in [0.3, 0.4) is 0 Å². The van der Waals surface area contributed by atoms with Crippen LogP contribution in [0.2, 0.25) is 0 Å². The number of thiocarbonyl (C=S) groups is 1. The van der Waals surface area contributed by atoms with Crippen molar-refractivity contribution in [3.63, 3.8) is 0 Å². The van der Waals surface area contributed by atoms with Crippen molar-refractivity contribution >= 4 is 28.7 Å². The van der Waals surface area contributed by atoms with E-state index in [1.165, 1.54) is 4.88 Å². The van der Waals surface area contributed by atoms with Crippen molar-refractivity contribution in [1.29, 1.82) is 0 Å². The molecule has 1 aromatic rings. The van der Waals surface area contributed by atoms with E-state index < -0.39 is 0 Å². The molecule has 0 atom stereocenters. The highest BCUT2D eigenvalue weighted by Gasteiger charge is 1.99. The first kappa shape index (κ1) is 13.3. The van der Waals surface area contributed by atoms with E-state index in [-0.39, 0.29) is 0 Å². The molecule has 0 fully saturated rings. The summed E-state index contributed by atoms with van der Waals surface area (Å²) in [5, 5.41) is 8.02. The maximum absolute atomic E-state index is 5.13. The van der Waals surface area contributed by atoms with Crippen molar-refractivity contribution in [3.8, 4) is 0 Å². The van der Waals surface area contributed by atoms with E-state index in [0.717, 1.165) is 31.1 Å². The minimum absolute atomic E-state index is 0.683. The molecule has 0 aliphatic rings. The average Bonchev–Trinajstić information content (AvgIpc) is 2.68. The Morgan fingerprint density at radius 1 is 1.56 bits per heavy atom. The van der Waals surface area contributed by atoms with Crippen LogP contribution < -0.4 is 10.6 Å². The molecule has 4 nitrogen and oxygen atoms in total. The molecule has 6 heteroatoms. The molecule has 1 aromatic heterocycles. The van der Waals surface area contributed by atoms with E-state index in [4.69, 9.17) is 17.0 Å². The summed E-state index contributed by atoms with van der Waals surface area (Å²) in [4.78, 5) is 5.37. The van der Waals surface area contributed by atoms with E-state index in [1.807, 2.05) is 13.1 Å². The number of nitrogens with one attached hydrogen (secondary N) is 2. The first-order valence-corrected chi connectivity index (χ1v) is 6.37. The fourth-order valence-corrected chi connectivity index (χ4v) is 2.04. The summed E-state index contributed by atoms with van der Waals surface area (Å²) in [6.07, 6.45) is 2.83. The number of aromatic nitrogens is 1. The summed E-state index contributed by atoms with van der Waals surface area (Å²) in [6.45, 7) is 4.32. The van der Waals surface area contributed by atoms with E-state index in [2.05, 4.69) is 15.6 Å². The van der Waals surface area contributed by atoms with E-state index in [0.29, 0.717) is 5.11 Å². The van der Waals surface area contributed by atoms with Gasteiger partial charge in [0.1, 0.15) is 0 Å². The molecule has 0 saturated heterocycles. The molecule has 1 rings (SSSR count). The summed E-state index contributed by atoms with van der Waals surface area (Å²) >= 11 is 6.81. The average molecular weight is 259 g/mol. The smallest absolute Gasteiger partial charge is 0.166 e. The number of hydrogen-bond donors (Lipinski definition) is 2. The molecule has 90 valence electrons. The Labute approximate surface area is 105 Å². The van der Waals surface area contributed by atoms with Gasteiger partial charge >= 0.3 is 0 Å². The molecular formula is C10H17N3OS2. The summed E-state index contributed by atoms with van der Waals surface area (Å²) in [6, 6.07) is 0. The Bertz CT molecular complexity index is 328. The van der Waals surface area contributed by atoms with E-state index in [1.54, 1.807) is 18.4 Å². The number of methoxy groups -OCH3 is 1. The summed E-state index contributed by atoms with van der Waals surface area (Å²) in [5.74, 6) is 0. The first-order valence-electron chi connectivity index (χ1n) is 5.14. The van der Waals surface area contributed by atoms with Crippen LogP contribution >= 0.6 is 23.6 Å². The summed E-state index contributed by atoms with van der Waals surface area (Å²) in [5.41, 5.74) is 0. The summed E-state index contributed by atoms with van der Waals surface area (Å²) in [7, 11) is 1.70. The molecule has 0 aliphatic carbocycles. The third-order valence-corrected chi connectivity index (χ3v) is 3.10. The first-order chi connectivity index (χ1) is 7.72. The van der Waals surface area contributed by atoms with Crippen molar-refractivity contribution in [1.82, 2.24) is 15.6 Å². The lowest BCUT2D eigenvalue weighted by atomic mass is 10.4. The molecular weight excluding hydrogens is 242 g/mol. The second-order valence-electron chi connectivity index (χ2n) is 3.30. The van der Waals surface area contributed by atoms with Crippen LogP contribution in [0.1, 0.15) is 16.3 Å². The van der Waals surface area contributed by atoms with Crippen LogP contribution in [0.25, 0.3) is 0 Å². The molecule has 0 spiro atoms. The highest BCUT2D eigenvalue weighted by Crippen LogP contribution is 2.10. The van der Waals surface area contributed by atoms with Gasteiger partial charge in [-0.2, -0.15) is 0 Å². The fraction of sp³-hybridized carbons (Fsp3) is 0.600. The van der Waals surface area contributed by atoms with Crippen LogP contribution in [0.15, 0.2) is 6.20 Å². The molecule has 0 saturated carbocycles. The maximum Gasteiger partial charge on any atom is 0.166 e. The molecule has 0 aliphatic heterocycles. The number of hydrogen-bond acceptors (Lipinski definition) is 4. The zero-order valence-electron chi connectivity index (χ0n) is 9.58. The predicted octanol–water partition coefficient (Wildman–Crippen LogP) is 1.45. The van der Waals surface area contributed by atoms with E-state index in [9.17, 15) is 0 Å². The number of aryl methyl sites for hydroxylation is 1. The van der Waals surface area contributed by atoms with Crippen LogP contribution in [0, 0.1) is 6.92 Å². The van der Waals surface area contributed by atoms with Gasteiger partial charge in [0, 0.05) is 31.3 Å². The van der Waals surface area contributed by atoms with Crippen molar-refractivity contribution in [2.45, 2.75) is 19.9 Å². The summed E-state index contributed by atoms with van der Waals surface area (Å²) < 4.78 is 4.95. The Morgan fingerprint density at radius 3 is 3.00 bits per heavy atom. The van der Waals surface area contributed by atoms with Gasteiger partial charge in [-0.05, 0) is 25.6 Å². The van der Waals surface area contributed by atoms with Gasteiger partial charge < -0.3 is 15.4 Å². The van der Waals surface area contributed by atoms with Crippen LogP contribution in [0.4, 0.5) is 0 Å². The third kappa shape index (κ3) is 5.39. The Morgan fingerprint density at radius 2 is 2.38 bits per heavy atom. The fourth-order valence-electron chi connectivity index (χ4n) is 1.14. The number of rotatable bonds is 6. The quantitative estimate of drug-likeness (QED) is 0.598. The highest BCUT2D eigenvalue weighted by atomic mass is 32.1. The minimum Gasteiger partial charge on any atom is -0.385 e. The second-order valence-corrected chi connectivity index (χ2v) is 5.03. The maximum atomic E-state index is 5.13. The van der Waals surface area contributed by atoms with Gasteiger partial charge in [-0.25, -0.2) is 4.98 Å². The van der Waals surface area contributed by atoms with Gasteiger partial charge in [0.15, 0.2) is 5.11 Å². The Kier molecular flexibility index (Phi) is 6.29. The van der Waals surface area contributed by atoms with Crippen LogP contribution in [-0.4, -0.2) is 30.4 Å². The predicted molar refractivity (Wildman–Crippen MR) is 70.8 cm³/mol. The van der Waals surface area contributed by atoms with Crippen molar-refractivity contribution in [2.75, 3.05) is 20.3 Å². The van der Waals surface area contributed by atoms with Gasteiger partial charge in [0.25, 0.3) is 0 Å². The standard InChI is InChI=1S/C10H17N3OS2/c1-8-12-6-9(16-8)7-13-10(15)11-4-3-5-14-2/h6H,3-5,7H2,1-2H3,(H2,11,13,15). The second kappa shape index (κ2) is 7.54. The zero-order valence-corrected chi connectivity index (χ0v) is 11.2. The monoisotopic (exact) mass is 259 g/mol. The molecule has 0 radical (unpaired) electrons. The zero-order chi connectivity index (χ0) is 11.8. The SMILES string of the molecule is COCCCNC(=S)NCc1cnc(C)s1. The molecule has 0 unspecified atom stereocenters. The van der Waals surface area contributed by atoms with E-state index >= 15 is 0 Å². The topological polar surface area (TPSA) is 46.2 Å². The number of thiazole rings is 1. The lowest BCUT2D eigenvalue weighted by Crippen LogP contribution is -2.35. The Hall–Kier alpha value is -0.720. The van der Waals surface area contributed by atoms with Crippen molar-refractivity contribution in [2.24, 2.45) is 0 Å². The van der Waals surface area contributed by atoms with Gasteiger partial charge in [-0.1, -0.05) is 0 Å². The third-order valence-electron chi connectivity index (χ3n) is 1.90. The lowest BCUT2D eigenvalue weighted by molar-refractivity contribution is 0.195. The number of nitrogens with zero attached hydrogens (tertiary/aromatic N) is 1. The van der Waals surface area contributed by atoms with Gasteiger partial charge in [-0.15, -0.1) is 11.3 Å². The van der Waals surface area contributed by atoms with Crippen molar-refractivity contribution in [3.05, 3.63) is 16.1 Å². The molecule has 0 amide bonds.